The van der Waals surface area contributed by atoms with Crippen LogP contribution in [0.15, 0.2) is 24.3 Å². The Bertz CT molecular complexity index is 458. The standard InChI is InChI=1S/C16H24N2O/c1-13-4-3-5-14(10-13)6-7-15(19)18-9-8-16(2,11-17)12-18/h3-5,10H,6-9,11-12,17H2,1-2H3. The number of nitrogens with zero attached hydrogens (tertiary/aromatic N) is 1. The molecule has 1 aromatic rings. The second-order valence-electron chi connectivity index (χ2n) is 6.07. The monoisotopic (exact) mass is 260 g/mol. The maximum atomic E-state index is 12.2. The minimum atomic E-state index is 0.124. The molecular weight excluding hydrogens is 236 g/mol. The molecule has 1 atom stereocenters. The van der Waals surface area contributed by atoms with Crippen molar-refractivity contribution in [1.82, 2.24) is 4.90 Å². The van der Waals surface area contributed by atoms with Crippen molar-refractivity contribution in [2.75, 3.05) is 19.6 Å². The summed E-state index contributed by atoms with van der Waals surface area (Å²) >= 11 is 0. The van der Waals surface area contributed by atoms with E-state index in [0.29, 0.717) is 13.0 Å². The fraction of sp³-hybridized carbons (Fsp3) is 0.562. The van der Waals surface area contributed by atoms with Gasteiger partial charge in [-0.3, -0.25) is 4.79 Å². The number of amides is 1. The molecule has 2 rings (SSSR count). The molecule has 1 heterocycles. The second-order valence-corrected chi connectivity index (χ2v) is 6.07. The molecule has 19 heavy (non-hydrogen) atoms. The summed E-state index contributed by atoms with van der Waals surface area (Å²) in [6.45, 7) is 6.59. The quantitative estimate of drug-likeness (QED) is 0.901. The molecule has 0 saturated carbocycles. The first-order valence-corrected chi connectivity index (χ1v) is 7.06. The fourth-order valence-electron chi connectivity index (χ4n) is 2.68. The van der Waals surface area contributed by atoms with Gasteiger partial charge in [0.05, 0.1) is 0 Å². The van der Waals surface area contributed by atoms with Crippen molar-refractivity contribution >= 4 is 5.91 Å². The molecule has 3 nitrogen and oxygen atoms in total. The average molecular weight is 260 g/mol. The summed E-state index contributed by atoms with van der Waals surface area (Å²) in [5, 5.41) is 0. The van der Waals surface area contributed by atoms with Gasteiger partial charge in [-0.05, 0) is 37.3 Å². The summed E-state index contributed by atoms with van der Waals surface area (Å²) in [6.07, 6.45) is 2.46. The van der Waals surface area contributed by atoms with E-state index < -0.39 is 0 Å². The largest absolute Gasteiger partial charge is 0.342 e. The van der Waals surface area contributed by atoms with Crippen LogP contribution in [0.25, 0.3) is 0 Å². The molecular formula is C16H24N2O. The highest BCUT2D eigenvalue weighted by atomic mass is 16.2. The third-order valence-corrected chi connectivity index (χ3v) is 4.11. The third-order valence-electron chi connectivity index (χ3n) is 4.11. The van der Waals surface area contributed by atoms with Crippen molar-refractivity contribution in [3.05, 3.63) is 35.4 Å². The molecule has 1 aliphatic heterocycles. The minimum absolute atomic E-state index is 0.124. The molecule has 1 amide bonds. The zero-order chi connectivity index (χ0) is 13.9. The second kappa shape index (κ2) is 5.74. The van der Waals surface area contributed by atoms with Crippen LogP contribution in [-0.2, 0) is 11.2 Å². The summed E-state index contributed by atoms with van der Waals surface area (Å²) in [5.74, 6) is 0.263. The number of likely N-dealkylation sites (tertiary alicyclic amines) is 1. The van der Waals surface area contributed by atoms with Crippen LogP contribution in [0.5, 0.6) is 0 Å². The number of hydrogen-bond donors (Lipinski definition) is 1. The van der Waals surface area contributed by atoms with E-state index in [4.69, 9.17) is 5.73 Å². The van der Waals surface area contributed by atoms with Gasteiger partial charge in [0.1, 0.15) is 0 Å². The van der Waals surface area contributed by atoms with E-state index in [0.717, 1.165) is 25.9 Å². The number of aryl methyl sites for hydroxylation is 2. The minimum Gasteiger partial charge on any atom is -0.342 e. The Morgan fingerprint density at radius 2 is 2.26 bits per heavy atom. The van der Waals surface area contributed by atoms with E-state index in [2.05, 4.69) is 38.1 Å². The molecule has 0 radical (unpaired) electrons. The first-order chi connectivity index (χ1) is 9.02. The zero-order valence-electron chi connectivity index (χ0n) is 12.0. The Balaban J connectivity index is 1.86. The normalized spacial score (nSPS) is 22.8. The SMILES string of the molecule is Cc1cccc(CCC(=O)N2CCC(C)(CN)C2)c1. The molecule has 0 aliphatic carbocycles. The zero-order valence-corrected chi connectivity index (χ0v) is 12.0. The first-order valence-electron chi connectivity index (χ1n) is 7.06. The predicted molar refractivity (Wildman–Crippen MR) is 77.9 cm³/mol. The van der Waals surface area contributed by atoms with Crippen molar-refractivity contribution in [2.45, 2.75) is 33.1 Å². The summed E-state index contributed by atoms with van der Waals surface area (Å²) in [6, 6.07) is 8.38. The van der Waals surface area contributed by atoms with Crippen molar-refractivity contribution < 1.29 is 4.79 Å². The number of hydrogen-bond acceptors (Lipinski definition) is 2. The number of nitrogens with two attached hydrogens (primary N) is 1. The van der Waals surface area contributed by atoms with Gasteiger partial charge in [0, 0.05) is 19.5 Å². The maximum absolute atomic E-state index is 12.2. The van der Waals surface area contributed by atoms with Gasteiger partial charge in [0.15, 0.2) is 0 Å². The Kier molecular flexibility index (Phi) is 4.25. The van der Waals surface area contributed by atoms with Crippen LogP contribution in [0.4, 0.5) is 0 Å². The summed E-state index contributed by atoms with van der Waals surface area (Å²) < 4.78 is 0. The molecule has 0 aromatic heterocycles. The van der Waals surface area contributed by atoms with E-state index in [1.807, 2.05) is 4.90 Å². The van der Waals surface area contributed by atoms with Gasteiger partial charge in [-0.1, -0.05) is 36.8 Å². The van der Waals surface area contributed by atoms with E-state index in [-0.39, 0.29) is 11.3 Å². The average Bonchev–Trinajstić information content (AvgIpc) is 2.80. The van der Waals surface area contributed by atoms with Crippen molar-refractivity contribution in [1.29, 1.82) is 0 Å². The smallest absolute Gasteiger partial charge is 0.222 e. The number of carbonyl (C=O) groups excluding carboxylic acids is 1. The maximum Gasteiger partial charge on any atom is 0.222 e. The van der Waals surface area contributed by atoms with Crippen LogP contribution in [0.3, 0.4) is 0 Å². The number of rotatable bonds is 4. The summed E-state index contributed by atoms with van der Waals surface area (Å²) in [5.41, 5.74) is 8.39. The molecule has 1 saturated heterocycles. The summed E-state index contributed by atoms with van der Waals surface area (Å²) in [4.78, 5) is 14.2. The molecule has 1 aliphatic rings. The Hall–Kier alpha value is -1.35. The molecule has 0 spiro atoms. The Morgan fingerprint density at radius 1 is 1.47 bits per heavy atom. The molecule has 104 valence electrons. The van der Waals surface area contributed by atoms with E-state index >= 15 is 0 Å². The third kappa shape index (κ3) is 3.57. The van der Waals surface area contributed by atoms with Gasteiger partial charge in [-0.15, -0.1) is 0 Å². The lowest BCUT2D eigenvalue weighted by Crippen LogP contribution is -2.34. The van der Waals surface area contributed by atoms with E-state index in [1.54, 1.807) is 0 Å². The number of benzene rings is 1. The lowest BCUT2D eigenvalue weighted by molar-refractivity contribution is -0.130. The molecule has 1 aromatic carbocycles. The molecule has 1 unspecified atom stereocenters. The highest BCUT2D eigenvalue weighted by Crippen LogP contribution is 2.28. The summed E-state index contributed by atoms with van der Waals surface area (Å²) in [7, 11) is 0. The molecule has 1 fully saturated rings. The van der Waals surface area contributed by atoms with E-state index in [9.17, 15) is 4.79 Å². The molecule has 3 heteroatoms. The van der Waals surface area contributed by atoms with Crippen LogP contribution >= 0.6 is 0 Å². The van der Waals surface area contributed by atoms with Crippen LogP contribution < -0.4 is 5.73 Å². The van der Waals surface area contributed by atoms with Crippen LogP contribution in [0.2, 0.25) is 0 Å². The van der Waals surface area contributed by atoms with Crippen molar-refractivity contribution in [3.8, 4) is 0 Å². The molecule has 2 N–H and O–H groups in total. The highest BCUT2D eigenvalue weighted by molar-refractivity contribution is 5.76. The Morgan fingerprint density at radius 3 is 2.89 bits per heavy atom. The van der Waals surface area contributed by atoms with Gasteiger partial charge >= 0.3 is 0 Å². The predicted octanol–water partition coefficient (Wildman–Crippen LogP) is 2.12. The van der Waals surface area contributed by atoms with Gasteiger partial charge in [0.2, 0.25) is 5.91 Å². The fourth-order valence-corrected chi connectivity index (χ4v) is 2.68. The topological polar surface area (TPSA) is 46.3 Å². The van der Waals surface area contributed by atoms with Gasteiger partial charge in [-0.25, -0.2) is 0 Å². The van der Waals surface area contributed by atoms with Crippen LogP contribution in [0.1, 0.15) is 30.9 Å². The first kappa shape index (κ1) is 14.1. The van der Waals surface area contributed by atoms with Crippen LogP contribution in [-0.4, -0.2) is 30.4 Å². The lowest BCUT2D eigenvalue weighted by atomic mass is 9.90. The highest BCUT2D eigenvalue weighted by Gasteiger charge is 2.34. The van der Waals surface area contributed by atoms with Crippen molar-refractivity contribution in [2.24, 2.45) is 11.1 Å². The Labute approximate surface area is 115 Å². The van der Waals surface area contributed by atoms with Gasteiger partial charge in [-0.2, -0.15) is 0 Å². The van der Waals surface area contributed by atoms with Crippen LogP contribution in [0, 0.1) is 12.3 Å². The van der Waals surface area contributed by atoms with Gasteiger partial charge in [0.25, 0.3) is 0 Å². The lowest BCUT2D eigenvalue weighted by Gasteiger charge is -2.22. The van der Waals surface area contributed by atoms with Gasteiger partial charge < -0.3 is 10.6 Å². The number of carbonyl (C=O) groups is 1. The molecule has 0 bridgehead atoms. The van der Waals surface area contributed by atoms with Crippen molar-refractivity contribution in [3.63, 3.8) is 0 Å². The van der Waals surface area contributed by atoms with E-state index in [1.165, 1.54) is 11.1 Å².